The lowest BCUT2D eigenvalue weighted by Crippen LogP contribution is -2.42. The van der Waals surface area contributed by atoms with E-state index in [1.807, 2.05) is 30.3 Å². The van der Waals surface area contributed by atoms with Crippen molar-refractivity contribution in [2.24, 2.45) is 0 Å². The van der Waals surface area contributed by atoms with Crippen LogP contribution in [0.3, 0.4) is 0 Å². The molecule has 2 atom stereocenters. The van der Waals surface area contributed by atoms with Crippen molar-refractivity contribution in [3.05, 3.63) is 82.7 Å². The van der Waals surface area contributed by atoms with Crippen LogP contribution in [0.1, 0.15) is 50.1 Å². The maximum Gasteiger partial charge on any atom is 0.261 e. The molecule has 1 aliphatic heterocycles. The number of aliphatic hydroxyl groups excluding tert-OH is 1. The topological polar surface area (TPSA) is 82.2 Å². The minimum atomic E-state index is -0.664. The van der Waals surface area contributed by atoms with Gasteiger partial charge in [0.15, 0.2) is 0 Å². The lowest BCUT2D eigenvalue weighted by atomic mass is 9.74. The number of aromatic nitrogens is 2. The zero-order chi connectivity index (χ0) is 25.6. The highest BCUT2D eigenvalue weighted by atomic mass is 19.1. The van der Waals surface area contributed by atoms with Gasteiger partial charge < -0.3 is 10.0 Å². The summed E-state index contributed by atoms with van der Waals surface area (Å²) < 4.78 is 15.1. The van der Waals surface area contributed by atoms with Gasteiger partial charge in [-0.15, -0.1) is 0 Å². The lowest BCUT2D eigenvalue weighted by Gasteiger charge is -2.39. The Morgan fingerprint density at radius 2 is 1.70 bits per heavy atom. The molecule has 1 saturated heterocycles. The third-order valence-corrected chi connectivity index (χ3v) is 8.39. The summed E-state index contributed by atoms with van der Waals surface area (Å²) in [5.74, 6) is -0.308. The van der Waals surface area contributed by atoms with Crippen molar-refractivity contribution in [2.45, 2.75) is 56.1 Å². The Labute approximate surface area is 214 Å². The number of benzene rings is 3. The van der Waals surface area contributed by atoms with Gasteiger partial charge in [0.2, 0.25) is 0 Å². The van der Waals surface area contributed by atoms with Gasteiger partial charge in [-0.1, -0.05) is 49.2 Å². The molecule has 188 valence electrons. The number of halogens is 1. The highest BCUT2D eigenvalue weighted by Gasteiger charge is 2.37. The van der Waals surface area contributed by atoms with Crippen LogP contribution >= 0.6 is 0 Å². The fourth-order valence-corrected chi connectivity index (χ4v) is 6.23. The molecule has 0 bridgehead atoms. The van der Waals surface area contributed by atoms with E-state index in [-0.39, 0.29) is 17.4 Å². The van der Waals surface area contributed by atoms with Crippen LogP contribution in [0.4, 0.5) is 10.1 Å². The number of piperidine rings is 1. The van der Waals surface area contributed by atoms with Gasteiger partial charge in [0, 0.05) is 29.5 Å². The van der Waals surface area contributed by atoms with Gasteiger partial charge in [0.05, 0.1) is 40.9 Å². The lowest BCUT2D eigenvalue weighted by molar-refractivity contribution is 0.0735. The first-order valence-electron chi connectivity index (χ1n) is 13.0. The molecular formula is C30H29FN4O2. The summed E-state index contributed by atoms with van der Waals surface area (Å²) in [5.41, 5.74) is 1.67. The number of rotatable bonds is 3. The van der Waals surface area contributed by atoms with Crippen LogP contribution in [-0.2, 0) is 5.41 Å². The largest absolute Gasteiger partial charge is 0.391 e. The molecule has 0 spiro atoms. The summed E-state index contributed by atoms with van der Waals surface area (Å²) >= 11 is 0. The normalized spacial score (nSPS) is 21.7. The van der Waals surface area contributed by atoms with Gasteiger partial charge in [0.1, 0.15) is 5.82 Å². The van der Waals surface area contributed by atoms with Crippen LogP contribution in [0.15, 0.2) is 65.7 Å². The van der Waals surface area contributed by atoms with Crippen molar-refractivity contribution < 1.29 is 9.50 Å². The number of nitrogens with zero attached hydrogens (tertiary/aromatic N) is 4. The predicted octanol–water partition coefficient (Wildman–Crippen LogP) is 5.23. The molecule has 0 radical (unpaired) electrons. The van der Waals surface area contributed by atoms with E-state index in [0.29, 0.717) is 43.3 Å². The molecule has 7 heteroatoms. The second kappa shape index (κ2) is 9.28. The summed E-state index contributed by atoms with van der Waals surface area (Å²) in [6.45, 7) is 1.27. The monoisotopic (exact) mass is 496 g/mol. The quantitative estimate of drug-likeness (QED) is 0.393. The van der Waals surface area contributed by atoms with E-state index in [1.165, 1.54) is 12.1 Å². The summed E-state index contributed by atoms with van der Waals surface area (Å²) in [6, 6.07) is 18.4. The van der Waals surface area contributed by atoms with Crippen molar-refractivity contribution in [1.29, 1.82) is 5.26 Å². The summed E-state index contributed by atoms with van der Waals surface area (Å²) in [7, 11) is 0. The maximum absolute atomic E-state index is 13.7. The number of hydrogen-bond donors (Lipinski definition) is 1. The van der Waals surface area contributed by atoms with Crippen molar-refractivity contribution in [1.82, 2.24) is 9.55 Å². The van der Waals surface area contributed by atoms with E-state index in [9.17, 15) is 19.6 Å². The van der Waals surface area contributed by atoms with Crippen LogP contribution in [-0.4, -0.2) is 33.9 Å². The molecule has 2 fully saturated rings. The van der Waals surface area contributed by atoms with Gasteiger partial charge in [0.25, 0.3) is 5.56 Å². The summed E-state index contributed by atoms with van der Waals surface area (Å²) in [5, 5.41) is 23.2. The number of anilines is 1. The Bertz CT molecular complexity index is 1570. The first-order valence-corrected chi connectivity index (χ1v) is 13.0. The van der Waals surface area contributed by atoms with Crippen LogP contribution in [0.25, 0.3) is 21.7 Å². The number of hydrogen-bond acceptors (Lipinski definition) is 5. The van der Waals surface area contributed by atoms with Crippen LogP contribution in [0.5, 0.6) is 0 Å². The van der Waals surface area contributed by atoms with Crippen LogP contribution in [0, 0.1) is 17.1 Å². The number of nitriles is 1. The fourth-order valence-electron chi connectivity index (χ4n) is 6.23. The first kappa shape index (κ1) is 23.6. The second-order valence-electron chi connectivity index (χ2n) is 10.4. The van der Waals surface area contributed by atoms with Gasteiger partial charge in [-0.05, 0) is 49.4 Å². The Morgan fingerprint density at radius 3 is 2.41 bits per heavy atom. The Hall–Kier alpha value is -3.76. The zero-order valence-electron chi connectivity index (χ0n) is 20.6. The molecule has 2 aliphatic rings. The van der Waals surface area contributed by atoms with Crippen LogP contribution < -0.4 is 10.5 Å². The van der Waals surface area contributed by atoms with Gasteiger partial charge in [-0.2, -0.15) is 5.26 Å². The number of fused-ring (bicyclic) bond motifs is 3. The number of aliphatic hydroxyl groups is 1. The van der Waals surface area contributed by atoms with Gasteiger partial charge >= 0.3 is 0 Å². The highest BCUT2D eigenvalue weighted by Crippen LogP contribution is 2.39. The summed E-state index contributed by atoms with van der Waals surface area (Å²) in [4.78, 5) is 20.7. The minimum absolute atomic E-state index is 0.127. The molecule has 1 aliphatic carbocycles. The SMILES string of the molecule is N#CC1(c2ccc(F)cc2)CCN(c2cc3c(=O)n([C@H]4CCCC[C@@H]4O)cnc3c3ccccc23)CC1. The molecule has 1 aromatic heterocycles. The van der Waals surface area contributed by atoms with Crippen LogP contribution in [0.2, 0.25) is 0 Å². The molecule has 1 N–H and O–H groups in total. The molecular weight excluding hydrogens is 467 g/mol. The van der Waals surface area contributed by atoms with E-state index in [4.69, 9.17) is 4.98 Å². The van der Waals surface area contributed by atoms with E-state index in [2.05, 4.69) is 11.0 Å². The zero-order valence-corrected chi connectivity index (χ0v) is 20.6. The Balaban J connectivity index is 1.41. The Kier molecular flexibility index (Phi) is 5.92. The minimum Gasteiger partial charge on any atom is -0.391 e. The van der Waals surface area contributed by atoms with E-state index >= 15 is 0 Å². The molecule has 1 saturated carbocycles. The van der Waals surface area contributed by atoms with Crippen molar-refractivity contribution in [3.8, 4) is 6.07 Å². The molecule has 0 unspecified atom stereocenters. The highest BCUT2D eigenvalue weighted by molar-refractivity contribution is 6.11. The van der Waals surface area contributed by atoms with Crippen molar-refractivity contribution in [3.63, 3.8) is 0 Å². The summed E-state index contributed by atoms with van der Waals surface area (Å²) in [6.07, 6.45) is 5.68. The molecule has 6 nitrogen and oxygen atoms in total. The Morgan fingerprint density at radius 1 is 1.00 bits per heavy atom. The average molecular weight is 497 g/mol. The maximum atomic E-state index is 13.7. The third-order valence-electron chi connectivity index (χ3n) is 8.39. The third kappa shape index (κ3) is 3.96. The molecule has 0 amide bonds. The van der Waals surface area contributed by atoms with Crippen molar-refractivity contribution >= 4 is 27.4 Å². The average Bonchev–Trinajstić information content (AvgIpc) is 2.94. The molecule has 3 aromatic carbocycles. The van der Waals surface area contributed by atoms with Crippen molar-refractivity contribution in [2.75, 3.05) is 18.0 Å². The predicted molar refractivity (Wildman–Crippen MR) is 142 cm³/mol. The molecule has 37 heavy (non-hydrogen) atoms. The molecule has 2 heterocycles. The first-order chi connectivity index (χ1) is 18.0. The molecule has 4 aromatic rings. The van der Waals surface area contributed by atoms with E-state index in [1.54, 1.807) is 23.0 Å². The standard InChI is InChI=1S/C30H29FN4O2/c31-21-11-9-20(10-12-21)30(18-32)13-15-34(16-14-30)26-17-24-28(23-6-2-1-5-22(23)26)33-19-35(29(24)37)25-7-3-4-8-27(25)36/h1-2,5-6,9-12,17,19,25,27,36H,3-4,7-8,13-16H2/t25-,27-/m0/s1. The van der Waals surface area contributed by atoms with Gasteiger partial charge in [-0.25, -0.2) is 9.37 Å². The molecule has 6 rings (SSSR count). The van der Waals surface area contributed by atoms with Gasteiger partial charge in [-0.3, -0.25) is 9.36 Å². The second-order valence-corrected chi connectivity index (χ2v) is 10.4. The van der Waals surface area contributed by atoms with E-state index < -0.39 is 11.5 Å². The fraction of sp³-hybridized carbons (Fsp3) is 0.367. The smallest absolute Gasteiger partial charge is 0.261 e. The van der Waals surface area contributed by atoms with E-state index in [0.717, 1.165) is 41.3 Å².